The first-order chi connectivity index (χ1) is 13.5. The van der Waals surface area contributed by atoms with Crippen LogP contribution in [0.2, 0.25) is 0 Å². The number of carbonyl (C=O) groups excluding carboxylic acids is 2. The van der Waals surface area contributed by atoms with E-state index in [1.165, 1.54) is 16.2 Å². The van der Waals surface area contributed by atoms with E-state index in [-0.39, 0.29) is 11.4 Å². The fourth-order valence-electron chi connectivity index (χ4n) is 3.66. The summed E-state index contributed by atoms with van der Waals surface area (Å²) < 4.78 is 5.77. The van der Waals surface area contributed by atoms with Gasteiger partial charge in [0.25, 0.3) is 5.91 Å². The zero-order valence-corrected chi connectivity index (χ0v) is 17.3. The Labute approximate surface area is 169 Å². The maximum Gasteiger partial charge on any atom is 0.290 e. The van der Waals surface area contributed by atoms with Crippen LogP contribution in [0.5, 0.6) is 0 Å². The molecule has 1 aliphatic heterocycles. The van der Waals surface area contributed by atoms with Gasteiger partial charge in [-0.25, -0.2) is 0 Å². The Morgan fingerprint density at radius 2 is 2.04 bits per heavy atom. The number of nitrogens with one attached hydrogen (secondary N) is 1. The highest BCUT2D eigenvalue weighted by atomic mass is 32.1. The number of amides is 1. The van der Waals surface area contributed by atoms with E-state index in [0.717, 1.165) is 26.1 Å². The van der Waals surface area contributed by atoms with Gasteiger partial charge in [0.05, 0.1) is 30.1 Å². The second kappa shape index (κ2) is 8.75. The summed E-state index contributed by atoms with van der Waals surface area (Å²) >= 11 is 1.29. The number of furan rings is 1. The zero-order chi connectivity index (χ0) is 20.3. The van der Waals surface area contributed by atoms with Crippen molar-refractivity contribution in [3.8, 4) is 0 Å². The lowest BCUT2D eigenvalue weighted by atomic mass is 10.00. The van der Waals surface area contributed by atoms with E-state index in [9.17, 15) is 14.7 Å². The fourth-order valence-corrected chi connectivity index (χ4v) is 4.33. The molecule has 7 heteroatoms. The van der Waals surface area contributed by atoms with Gasteiger partial charge in [0.15, 0.2) is 5.76 Å². The number of nitrogens with zero attached hydrogens (tertiary/aromatic N) is 1. The number of Topliss-reactive ketones (excluding diaryl/α,β-unsaturated/α-hetero) is 1. The van der Waals surface area contributed by atoms with Crippen LogP contribution in [-0.2, 0) is 4.79 Å². The predicted octanol–water partition coefficient (Wildman–Crippen LogP) is 2.54. The van der Waals surface area contributed by atoms with E-state index in [1.807, 2.05) is 6.92 Å². The van der Waals surface area contributed by atoms with Crippen LogP contribution in [0.25, 0.3) is 0 Å². The van der Waals surface area contributed by atoms with Crippen LogP contribution in [0.15, 0.2) is 45.4 Å². The summed E-state index contributed by atoms with van der Waals surface area (Å²) in [6.45, 7) is 9.53. The molecule has 0 unspecified atom stereocenters. The number of hydrogen-bond acceptors (Lipinski definition) is 5. The molecule has 3 heterocycles. The van der Waals surface area contributed by atoms with Gasteiger partial charge in [0.2, 0.25) is 5.78 Å². The van der Waals surface area contributed by atoms with E-state index in [2.05, 4.69) is 13.8 Å². The van der Waals surface area contributed by atoms with Crippen molar-refractivity contribution in [2.24, 2.45) is 0 Å². The molecule has 28 heavy (non-hydrogen) atoms. The molecule has 2 aromatic heterocycles. The minimum atomic E-state index is -0.692. The number of rotatable bonds is 9. The normalized spacial score (nSPS) is 17.2. The standard InChI is InChI=1S/C21H26N2O4S/c1-4-22(5-2)11-7-12-23-18(15-10-9-14(3)27-15)17(20(25)21(23)26)19(24)16-8-6-13-28-16/h6,8-10,13,18,25H,4-5,7,11-12H2,1-3H3/p+1/t18-/m1/s1. The van der Waals surface area contributed by atoms with Crippen molar-refractivity contribution in [3.63, 3.8) is 0 Å². The molecular weight excluding hydrogens is 376 g/mol. The molecule has 0 saturated carbocycles. The van der Waals surface area contributed by atoms with Gasteiger partial charge in [-0.15, -0.1) is 11.3 Å². The monoisotopic (exact) mass is 403 g/mol. The van der Waals surface area contributed by atoms with Gasteiger partial charge in [0, 0.05) is 13.0 Å². The van der Waals surface area contributed by atoms with Crippen molar-refractivity contribution < 1.29 is 24.0 Å². The number of hydrogen-bond donors (Lipinski definition) is 2. The Bertz CT molecular complexity index is 865. The molecule has 1 aliphatic rings. The molecule has 0 spiro atoms. The Morgan fingerprint density at radius 1 is 1.29 bits per heavy atom. The maximum absolute atomic E-state index is 13.0. The zero-order valence-electron chi connectivity index (χ0n) is 16.5. The van der Waals surface area contributed by atoms with Gasteiger partial charge in [-0.3, -0.25) is 9.59 Å². The SMILES string of the molecule is CC[NH+](CC)CCCN1C(=O)C(O)=C(C(=O)c2cccs2)[C@H]1c1ccc(C)o1. The van der Waals surface area contributed by atoms with Crippen LogP contribution in [0.1, 0.15) is 47.5 Å². The summed E-state index contributed by atoms with van der Waals surface area (Å²) in [4.78, 5) is 29.4. The Kier molecular flexibility index (Phi) is 6.36. The topological polar surface area (TPSA) is 75.2 Å². The third-order valence-electron chi connectivity index (χ3n) is 5.25. The second-order valence-corrected chi connectivity index (χ2v) is 7.93. The van der Waals surface area contributed by atoms with Gasteiger partial charge in [-0.05, 0) is 44.4 Å². The van der Waals surface area contributed by atoms with Gasteiger partial charge in [0.1, 0.15) is 17.6 Å². The number of aryl methyl sites for hydroxylation is 1. The van der Waals surface area contributed by atoms with Crippen LogP contribution in [0.4, 0.5) is 0 Å². The van der Waals surface area contributed by atoms with E-state index < -0.39 is 17.7 Å². The van der Waals surface area contributed by atoms with E-state index in [4.69, 9.17) is 4.42 Å². The number of ketones is 1. The predicted molar refractivity (Wildman–Crippen MR) is 108 cm³/mol. The fraction of sp³-hybridized carbons (Fsp3) is 0.429. The minimum Gasteiger partial charge on any atom is -0.503 e. The third-order valence-corrected chi connectivity index (χ3v) is 6.12. The summed E-state index contributed by atoms with van der Waals surface area (Å²) in [5, 5.41) is 12.4. The molecule has 1 atom stereocenters. The molecule has 0 aliphatic carbocycles. The molecule has 2 aromatic rings. The molecule has 0 saturated heterocycles. The number of aliphatic hydroxyl groups excluding tert-OH is 1. The highest BCUT2D eigenvalue weighted by molar-refractivity contribution is 7.12. The van der Waals surface area contributed by atoms with Crippen molar-refractivity contribution in [3.05, 3.63) is 57.4 Å². The molecule has 0 bridgehead atoms. The molecular formula is C21H27N2O4S+. The van der Waals surface area contributed by atoms with Crippen LogP contribution < -0.4 is 4.90 Å². The lowest BCUT2D eigenvalue weighted by Gasteiger charge is -2.25. The van der Waals surface area contributed by atoms with Crippen LogP contribution in [0.3, 0.4) is 0 Å². The highest BCUT2D eigenvalue weighted by Crippen LogP contribution is 2.40. The molecule has 1 amide bonds. The Morgan fingerprint density at radius 3 is 2.61 bits per heavy atom. The largest absolute Gasteiger partial charge is 0.503 e. The summed E-state index contributed by atoms with van der Waals surface area (Å²) in [5.41, 5.74) is 0.108. The van der Waals surface area contributed by atoms with Crippen molar-refractivity contribution in [2.45, 2.75) is 33.2 Å². The number of thiophene rings is 1. The first-order valence-corrected chi connectivity index (χ1v) is 10.6. The van der Waals surface area contributed by atoms with Gasteiger partial charge in [-0.1, -0.05) is 6.07 Å². The average Bonchev–Trinajstić information content (AvgIpc) is 3.41. The molecule has 150 valence electrons. The van der Waals surface area contributed by atoms with Crippen LogP contribution in [-0.4, -0.2) is 47.9 Å². The molecule has 3 rings (SSSR count). The molecule has 0 aromatic carbocycles. The third kappa shape index (κ3) is 3.91. The summed E-state index contributed by atoms with van der Waals surface area (Å²) in [6.07, 6.45) is 0.784. The Hall–Kier alpha value is -2.38. The van der Waals surface area contributed by atoms with E-state index >= 15 is 0 Å². The summed E-state index contributed by atoms with van der Waals surface area (Å²) in [7, 11) is 0. The Balaban J connectivity index is 1.90. The number of carbonyl (C=O) groups is 2. The van der Waals surface area contributed by atoms with Crippen molar-refractivity contribution in [1.82, 2.24) is 4.90 Å². The van der Waals surface area contributed by atoms with Gasteiger partial charge in [-0.2, -0.15) is 0 Å². The molecule has 6 nitrogen and oxygen atoms in total. The van der Waals surface area contributed by atoms with Gasteiger partial charge >= 0.3 is 0 Å². The highest BCUT2D eigenvalue weighted by Gasteiger charge is 2.45. The molecule has 0 radical (unpaired) electrons. The molecule has 0 fully saturated rings. The average molecular weight is 404 g/mol. The first kappa shape index (κ1) is 20.4. The second-order valence-electron chi connectivity index (χ2n) is 6.98. The minimum absolute atomic E-state index is 0.108. The first-order valence-electron chi connectivity index (χ1n) is 9.70. The van der Waals surface area contributed by atoms with Crippen LogP contribution in [0, 0.1) is 6.92 Å². The van der Waals surface area contributed by atoms with E-state index in [0.29, 0.717) is 22.9 Å². The smallest absolute Gasteiger partial charge is 0.290 e. The lowest BCUT2D eigenvalue weighted by molar-refractivity contribution is -0.896. The molecule has 2 N–H and O–H groups in total. The van der Waals surface area contributed by atoms with Crippen LogP contribution >= 0.6 is 11.3 Å². The summed E-state index contributed by atoms with van der Waals surface area (Å²) in [6, 6.07) is 6.37. The maximum atomic E-state index is 13.0. The lowest BCUT2D eigenvalue weighted by Crippen LogP contribution is -3.11. The van der Waals surface area contributed by atoms with Crippen molar-refractivity contribution >= 4 is 23.0 Å². The summed E-state index contributed by atoms with van der Waals surface area (Å²) in [5.74, 6) is -0.0906. The van der Waals surface area contributed by atoms with Crippen molar-refractivity contribution in [1.29, 1.82) is 0 Å². The van der Waals surface area contributed by atoms with Crippen molar-refractivity contribution in [2.75, 3.05) is 26.2 Å². The number of aliphatic hydroxyl groups is 1. The quantitative estimate of drug-likeness (QED) is 0.631. The number of quaternary nitrogens is 1. The van der Waals surface area contributed by atoms with Gasteiger partial charge < -0.3 is 19.3 Å². The van der Waals surface area contributed by atoms with E-state index in [1.54, 1.807) is 34.5 Å².